The zero-order chi connectivity index (χ0) is 12.7. The van der Waals surface area contributed by atoms with E-state index in [1.807, 2.05) is 13.8 Å². The van der Waals surface area contributed by atoms with Crippen molar-refractivity contribution in [3.8, 4) is 11.8 Å². The minimum atomic E-state index is -0.0825. The van der Waals surface area contributed by atoms with Crippen LogP contribution in [0.5, 0.6) is 0 Å². The lowest BCUT2D eigenvalue weighted by molar-refractivity contribution is -0.118. The topological polar surface area (TPSA) is 62.2 Å². The molecule has 0 atom stereocenters. The quantitative estimate of drug-likeness (QED) is 0.774. The summed E-state index contributed by atoms with van der Waals surface area (Å²) in [5.41, 5.74) is 0.771. The molecule has 0 aliphatic heterocycles. The summed E-state index contributed by atoms with van der Waals surface area (Å²) >= 11 is 0. The van der Waals surface area contributed by atoms with Gasteiger partial charge in [0.25, 0.3) is 0 Å². The first-order valence-electron chi connectivity index (χ1n) is 5.50. The van der Waals surface area contributed by atoms with Gasteiger partial charge in [0.05, 0.1) is 6.61 Å². The molecule has 1 aromatic rings. The summed E-state index contributed by atoms with van der Waals surface area (Å²) < 4.78 is 0. The normalized spacial score (nSPS) is 9.65. The summed E-state index contributed by atoms with van der Waals surface area (Å²) in [6.07, 6.45) is 2.04. The SMILES string of the molecule is CC(C)C(=O)Nc1cc(C#CCCO)ccn1. The molecule has 1 heterocycles. The Labute approximate surface area is 101 Å². The summed E-state index contributed by atoms with van der Waals surface area (Å²) in [4.78, 5) is 15.5. The first-order chi connectivity index (χ1) is 8.13. The molecule has 0 fully saturated rings. The van der Waals surface area contributed by atoms with Crippen LogP contribution in [0, 0.1) is 17.8 Å². The highest BCUT2D eigenvalue weighted by atomic mass is 16.2. The zero-order valence-electron chi connectivity index (χ0n) is 10.0. The molecule has 4 heteroatoms. The molecule has 0 spiro atoms. The third-order valence-corrected chi connectivity index (χ3v) is 2.01. The molecule has 0 saturated carbocycles. The standard InChI is InChI=1S/C13H16N2O2/c1-10(2)13(17)15-12-9-11(6-7-14-12)5-3-4-8-16/h6-7,9-10,16H,4,8H2,1-2H3,(H,14,15,17). The van der Waals surface area contributed by atoms with Crippen LogP contribution in [0.2, 0.25) is 0 Å². The second-order valence-electron chi connectivity index (χ2n) is 3.85. The molecule has 17 heavy (non-hydrogen) atoms. The van der Waals surface area contributed by atoms with Crippen molar-refractivity contribution < 1.29 is 9.90 Å². The van der Waals surface area contributed by atoms with Gasteiger partial charge in [0.15, 0.2) is 0 Å². The Bertz CT molecular complexity index is 444. The van der Waals surface area contributed by atoms with Crippen LogP contribution in [0.1, 0.15) is 25.8 Å². The van der Waals surface area contributed by atoms with Gasteiger partial charge in [0.1, 0.15) is 5.82 Å². The summed E-state index contributed by atoms with van der Waals surface area (Å²) in [5, 5.41) is 11.3. The van der Waals surface area contributed by atoms with Gasteiger partial charge in [0, 0.05) is 24.1 Å². The lowest BCUT2D eigenvalue weighted by atomic mass is 10.2. The smallest absolute Gasteiger partial charge is 0.228 e. The Kier molecular flexibility index (Phi) is 5.18. The molecule has 0 bridgehead atoms. The fourth-order valence-corrected chi connectivity index (χ4v) is 1.07. The number of aliphatic hydroxyl groups is 1. The number of nitrogens with one attached hydrogen (secondary N) is 1. The van der Waals surface area contributed by atoms with Gasteiger partial charge in [-0.15, -0.1) is 0 Å². The molecule has 1 rings (SSSR count). The number of nitrogens with zero attached hydrogens (tertiary/aromatic N) is 1. The van der Waals surface area contributed by atoms with Crippen LogP contribution < -0.4 is 5.32 Å². The van der Waals surface area contributed by atoms with Gasteiger partial charge in [-0.3, -0.25) is 4.79 Å². The monoisotopic (exact) mass is 232 g/mol. The molecular formula is C13H16N2O2. The van der Waals surface area contributed by atoms with Crippen molar-refractivity contribution in [3.63, 3.8) is 0 Å². The fourth-order valence-electron chi connectivity index (χ4n) is 1.07. The highest BCUT2D eigenvalue weighted by molar-refractivity contribution is 5.91. The van der Waals surface area contributed by atoms with Crippen LogP contribution in [0.25, 0.3) is 0 Å². The van der Waals surface area contributed by atoms with Gasteiger partial charge in [-0.05, 0) is 12.1 Å². The maximum atomic E-state index is 11.5. The molecule has 4 nitrogen and oxygen atoms in total. The van der Waals surface area contributed by atoms with Crippen molar-refractivity contribution in [1.82, 2.24) is 4.98 Å². The molecule has 0 radical (unpaired) electrons. The van der Waals surface area contributed by atoms with Crippen molar-refractivity contribution in [1.29, 1.82) is 0 Å². The van der Waals surface area contributed by atoms with Crippen molar-refractivity contribution in [2.75, 3.05) is 11.9 Å². The van der Waals surface area contributed by atoms with Crippen LogP contribution in [0.15, 0.2) is 18.3 Å². The molecule has 90 valence electrons. The van der Waals surface area contributed by atoms with E-state index < -0.39 is 0 Å². The highest BCUT2D eigenvalue weighted by Crippen LogP contribution is 2.07. The minimum absolute atomic E-state index is 0.0506. The summed E-state index contributed by atoms with van der Waals surface area (Å²) in [6, 6.07) is 3.47. The third-order valence-electron chi connectivity index (χ3n) is 2.01. The van der Waals surface area contributed by atoms with E-state index in [0.717, 1.165) is 5.56 Å². The Morgan fingerprint density at radius 1 is 1.59 bits per heavy atom. The Hall–Kier alpha value is -1.86. The van der Waals surface area contributed by atoms with E-state index >= 15 is 0 Å². The number of pyridine rings is 1. The lowest BCUT2D eigenvalue weighted by Crippen LogP contribution is -2.18. The Balaban J connectivity index is 2.73. The van der Waals surface area contributed by atoms with E-state index in [-0.39, 0.29) is 18.4 Å². The molecule has 0 saturated heterocycles. The van der Waals surface area contributed by atoms with Gasteiger partial charge in [-0.1, -0.05) is 25.7 Å². The summed E-state index contributed by atoms with van der Waals surface area (Å²) in [6.45, 7) is 3.69. The van der Waals surface area contributed by atoms with E-state index in [9.17, 15) is 4.79 Å². The second kappa shape index (κ2) is 6.66. The van der Waals surface area contributed by atoms with Crippen LogP contribution >= 0.6 is 0 Å². The third kappa shape index (κ3) is 4.66. The Morgan fingerprint density at radius 3 is 3.00 bits per heavy atom. The van der Waals surface area contributed by atoms with E-state index in [1.54, 1.807) is 18.3 Å². The van der Waals surface area contributed by atoms with Gasteiger partial charge in [-0.25, -0.2) is 4.98 Å². The molecule has 0 aliphatic carbocycles. The molecule has 1 aromatic heterocycles. The van der Waals surface area contributed by atoms with Crippen LogP contribution in [-0.2, 0) is 4.79 Å². The highest BCUT2D eigenvalue weighted by Gasteiger charge is 2.07. The maximum Gasteiger partial charge on any atom is 0.228 e. The molecule has 1 amide bonds. The van der Waals surface area contributed by atoms with E-state index in [2.05, 4.69) is 22.1 Å². The van der Waals surface area contributed by atoms with Gasteiger partial charge in [-0.2, -0.15) is 0 Å². The number of amides is 1. The van der Waals surface area contributed by atoms with Crippen LogP contribution in [0.4, 0.5) is 5.82 Å². The average Bonchev–Trinajstić information content (AvgIpc) is 2.30. The summed E-state index contributed by atoms with van der Waals surface area (Å²) in [5.74, 6) is 6.05. The first kappa shape index (κ1) is 13.2. The molecule has 0 unspecified atom stereocenters. The zero-order valence-corrected chi connectivity index (χ0v) is 10.0. The predicted octanol–water partition coefficient (Wildman–Crippen LogP) is 1.41. The number of hydrogen-bond acceptors (Lipinski definition) is 3. The number of hydrogen-bond donors (Lipinski definition) is 2. The first-order valence-corrected chi connectivity index (χ1v) is 5.50. The largest absolute Gasteiger partial charge is 0.395 e. The number of aliphatic hydroxyl groups excluding tert-OH is 1. The minimum Gasteiger partial charge on any atom is -0.395 e. The van der Waals surface area contributed by atoms with E-state index in [4.69, 9.17) is 5.11 Å². The Morgan fingerprint density at radius 2 is 2.35 bits per heavy atom. The lowest BCUT2D eigenvalue weighted by Gasteiger charge is -2.06. The van der Waals surface area contributed by atoms with Crippen molar-refractivity contribution >= 4 is 11.7 Å². The number of carbonyl (C=O) groups is 1. The molecule has 0 aliphatic rings. The maximum absolute atomic E-state index is 11.5. The molecule has 2 N–H and O–H groups in total. The average molecular weight is 232 g/mol. The molecule has 0 aromatic carbocycles. The van der Waals surface area contributed by atoms with Crippen molar-refractivity contribution in [3.05, 3.63) is 23.9 Å². The van der Waals surface area contributed by atoms with Crippen LogP contribution in [-0.4, -0.2) is 22.6 Å². The number of carbonyl (C=O) groups excluding carboxylic acids is 1. The summed E-state index contributed by atoms with van der Waals surface area (Å²) in [7, 11) is 0. The van der Waals surface area contributed by atoms with E-state index in [0.29, 0.717) is 12.2 Å². The van der Waals surface area contributed by atoms with Gasteiger partial charge < -0.3 is 10.4 Å². The predicted molar refractivity (Wildman–Crippen MR) is 66.3 cm³/mol. The fraction of sp³-hybridized carbons (Fsp3) is 0.385. The van der Waals surface area contributed by atoms with E-state index in [1.165, 1.54) is 0 Å². The van der Waals surface area contributed by atoms with Crippen molar-refractivity contribution in [2.24, 2.45) is 5.92 Å². The molecular weight excluding hydrogens is 216 g/mol. The van der Waals surface area contributed by atoms with Gasteiger partial charge in [0.2, 0.25) is 5.91 Å². The number of aromatic nitrogens is 1. The number of anilines is 1. The number of rotatable bonds is 3. The second-order valence-corrected chi connectivity index (χ2v) is 3.85. The van der Waals surface area contributed by atoms with Crippen LogP contribution in [0.3, 0.4) is 0 Å². The van der Waals surface area contributed by atoms with Crippen molar-refractivity contribution in [2.45, 2.75) is 20.3 Å². The van der Waals surface area contributed by atoms with Gasteiger partial charge >= 0.3 is 0 Å².